The Labute approximate surface area is 334 Å². The molecule has 0 aromatic carbocycles. The van der Waals surface area contributed by atoms with E-state index >= 15 is 0 Å². The predicted octanol–water partition coefficient (Wildman–Crippen LogP) is 11.9. The van der Waals surface area contributed by atoms with Crippen LogP contribution in [0.2, 0.25) is 0 Å². The lowest BCUT2D eigenvalue weighted by molar-refractivity contribution is -0.870. The zero-order valence-corrected chi connectivity index (χ0v) is 37.1. The van der Waals surface area contributed by atoms with Crippen LogP contribution >= 0.6 is 7.82 Å². The Morgan fingerprint density at radius 3 is 1.54 bits per heavy atom. The van der Waals surface area contributed by atoms with E-state index in [9.17, 15) is 19.4 Å². The zero-order valence-electron chi connectivity index (χ0n) is 36.2. The summed E-state index contributed by atoms with van der Waals surface area (Å²) in [4.78, 5) is 25.3. The normalized spacial score (nSPS) is 14.6. The Hall–Kier alpha value is -1.02. The molecule has 0 aromatic rings. The molecule has 0 saturated carbocycles. The van der Waals surface area contributed by atoms with Gasteiger partial charge in [0.15, 0.2) is 0 Å². The summed E-state index contributed by atoms with van der Waals surface area (Å²) >= 11 is 0. The van der Waals surface area contributed by atoms with Gasteiger partial charge in [0.05, 0.1) is 39.9 Å². The number of allylic oxidation sites excluding steroid dienone is 4. The minimum Gasteiger partial charge on any atom is -0.756 e. The van der Waals surface area contributed by atoms with Crippen molar-refractivity contribution in [2.45, 2.75) is 219 Å². The van der Waals surface area contributed by atoms with Gasteiger partial charge in [0.25, 0.3) is 7.82 Å². The molecule has 320 valence electrons. The Morgan fingerprint density at radius 2 is 1.07 bits per heavy atom. The zero-order chi connectivity index (χ0) is 40.0. The van der Waals surface area contributed by atoms with Gasteiger partial charge in [-0.15, -0.1) is 0 Å². The molecule has 3 atom stereocenters. The highest BCUT2D eigenvalue weighted by molar-refractivity contribution is 7.45. The Morgan fingerprint density at radius 1 is 0.648 bits per heavy atom. The lowest BCUT2D eigenvalue weighted by atomic mass is 10.0. The van der Waals surface area contributed by atoms with E-state index in [4.69, 9.17) is 9.05 Å². The molecular weight excluding hydrogens is 695 g/mol. The number of aliphatic hydroxyl groups excluding tert-OH is 1. The molecule has 0 radical (unpaired) electrons. The van der Waals surface area contributed by atoms with Crippen LogP contribution in [0.4, 0.5) is 0 Å². The lowest BCUT2D eigenvalue weighted by Crippen LogP contribution is -2.46. The van der Waals surface area contributed by atoms with Gasteiger partial charge in [0.2, 0.25) is 5.91 Å². The molecule has 0 heterocycles. The van der Waals surface area contributed by atoms with Crippen molar-refractivity contribution in [1.82, 2.24) is 5.32 Å². The summed E-state index contributed by atoms with van der Waals surface area (Å²) in [6, 6.07) is -0.799. The topological polar surface area (TPSA) is 108 Å². The average molecular weight is 785 g/mol. The third-order valence-corrected chi connectivity index (χ3v) is 11.2. The second-order valence-corrected chi connectivity index (χ2v) is 18.2. The first-order valence-electron chi connectivity index (χ1n) is 22.7. The maximum absolute atomic E-state index is 12.9. The van der Waals surface area contributed by atoms with Gasteiger partial charge in [-0.3, -0.25) is 9.36 Å². The molecule has 0 aliphatic heterocycles. The van der Waals surface area contributed by atoms with Gasteiger partial charge in [-0.2, -0.15) is 0 Å². The molecule has 0 aromatic heterocycles. The molecule has 0 saturated heterocycles. The lowest BCUT2D eigenvalue weighted by Gasteiger charge is -2.30. The third-order valence-electron chi connectivity index (χ3n) is 10.2. The van der Waals surface area contributed by atoms with Crippen LogP contribution in [0.1, 0.15) is 206 Å². The summed E-state index contributed by atoms with van der Waals surface area (Å²) in [6.07, 6.45) is 43.2. The number of unbranched alkanes of at least 4 members (excludes halogenated alkanes) is 24. The van der Waals surface area contributed by atoms with Gasteiger partial charge in [-0.1, -0.05) is 179 Å². The number of likely N-dealkylation sites (N-methyl/N-ethyl adjacent to an activating group) is 1. The molecule has 9 heteroatoms. The van der Waals surface area contributed by atoms with Crippen molar-refractivity contribution in [3.05, 3.63) is 24.3 Å². The Kier molecular flexibility index (Phi) is 36.8. The van der Waals surface area contributed by atoms with Crippen LogP contribution in [0.25, 0.3) is 0 Å². The van der Waals surface area contributed by atoms with E-state index in [1.54, 1.807) is 0 Å². The van der Waals surface area contributed by atoms with Crippen LogP contribution in [0, 0.1) is 0 Å². The molecule has 0 fully saturated rings. The van der Waals surface area contributed by atoms with Crippen LogP contribution in [0.3, 0.4) is 0 Å². The number of phosphoric acid groups is 1. The number of aliphatic hydroxyl groups is 1. The van der Waals surface area contributed by atoms with Gasteiger partial charge >= 0.3 is 0 Å². The summed E-state index contributed by atoms with van der Waals surface area (Å²) in [6.45, 7) is 4.69. The SMILES string of the molecule is CCCCCCC/C=C\C/C=C\CCCCCCCCCCCC(=O)NC(COP(=O)([O-])OCC[N+](C)(C)C)C(O)CCCCCCCCCCCCC. The van der Waals surface area contributed by atoms with E-state index < -0.39 is 20.0 Å². The first-order chi connectivity index (χ1) is 26.0. The fourth-order valence-corrected chi connectivity index (χ4v) is 7.26. The van der Waals surface area contributed by atoms with Crippen LogP contribution in [-0.4, -0.2) is 68.5 Å². The second kappa shape index (κ2) is 37.6. The van der Waals surface area contributed by atoms with E-state index in [-0.39, 0.29) is 19.1 Å². The first kappa shape index (κ1) is 53.0. The van der Waals surface area contributed by atoms with Gasteiger partial charge in [-0.05, 0) is 44.9 Å². The minimum atomic E-state index is -4.56. The molecule has 0 spiro atoms. The quantitative estimate of drug-likeness (QED) is 0.0277. The number of amides is 1. The van der Waals surface area contributed by atoms with Crippen molar-refractivity contribution < 1.29 is 32.9 Å². The monoisotopic (exact) mass is 785 g/mol. The predicted molar refractivity (Wildman–Crippen MR) is 228 cm³/mol. The standard InChI is InChI=1S/C45H89N2O6P/c1-6-8-10-12-14-16-18-19-20-21-22-23-24-25-26-27-29-31-33-35-37-39-45(49)46-43(42-53-54(50,51)52-41-40-47(3,4)5)44(48)38-36-34-32-30-28-17-15-13-11-9-7-2/h18-19,21-22,43-44,48H,6-17,20,23-42H2,1-5H3,(H-,46,49,50,51)/b19-18-,22-21-. The number of phosphoric ester groups is 1. The summed E-state index contributed by atoms with van der Waals surface area (Å²) in [5.74, 6) is -0.170. The average Bonchev–Trinajstić information content (AvgIpc) is 3.12. The van der Waals surface area contributed by atoms with Gasteiger partial charge in [0, 0.05) is 6.42 Å². The van der Waals surface area contributed by atoms with Gasteiger partial charge in [-0.25, -0.2) is 0 Å². The molecule has 3 unspecified atom stereocenters. The minimum absolute atomic E-state index is 0.0117. The third kappa shape index (κ3) is 39.2. The fraction of sp³-hybridized carbons (Fsp3) is 0.889. The van der Waals surface area contributed by atoms with E-state index in [1.807, 2.05) is 21.1 Å². The van der Waals surface area contributed by atoms with Crippen LogP contribution < -0.4 is 10.2 Å². The number of nitrogens with one attached hydrogen (secondary N) is 1. The van der Waals surface area contributed by atoms with Crippen LogP contribution in [0.15, 0.2) is 24.3 Å². The van der Waals surface area contributed by atoms with Crippen molar-refractivity contribution in [2.75, 3.05) is 40.9 Å². The van der Waals surface area contributed by atoms with E-state index in [2.05, 4.69) is 43.5 Å². The Bertz CT molecular complexity index is 938. The van der Waals surface area contributed by atoms with E-state index in [1.165, 1.54) is 135 Å². The molecule has 0 bridgehead atoms. The van der Waals surface area contributed by atoms with E-state index in [0.717, 1.165) is 44.9 Å². The molecule has 54 heavy (non-hydrogen) atoms. The number of carbonyl (C=O) groups excluding carboxylic acids is 1. The summed E-state index contributed by atoms with van der Waals surface area (Å²) < 4.78 is 23.2. The number of quaternary nitrogens is 1. The summed E-state index contributed by atoms with van der Waals surface area (Å²) in [5.41, 5.74) is 0. The van der Waals surface area contributed by atoms with Crippen molar-refractivity contribution in [3.8, 4) is 0 Å². The maximum Gasteiger partial charge on any atom is 0.268 e. The maximum atomic E-state index is 12.9. The molecule has 2 N–H and O–H groups in total. The molecule has 8 nitrogen and oxygen atoms in total. The van der Waals surface area contributed by atoms with Gasteiger partial charge in [0.1, 0.15) is 13.2 Å². The molecule has 1 amide bonds. The number of hydrogen-bond acceptors (Lipinski definition) is 6. The van der Waals surface area contributed by atoms with Crippen LogP contribution in [-0.2, 0) is 18.4 Å². The highest BCUT2D eigenvalue weighted by Gasteiger charge is 2.24. The van der Waals surface area contributed by atoms with Crippen molar-refractivity contribution in [3.63, 3.8) is 0 Å². The number of nitrogens with zero attached hydrogens (tertiary/aromatic N) is 1. The highest BCUT2D eigenvalue weighted by Crippen LogP contribution is 2.38. The fourth-order valence-electron chi connectivity index (χ4n) is 6.54. The van der Waals surface area contributed by atoms with Crippen molar-refractivity contribution in [1.29, 1.82) is 0 Å². The summed E-state index contributed by atoms with van der Waals surface area (Å²) in [7, 11) is 1.30. The van der Waals surface area contributed by atoms with Crippen molar-refractivity contribution >= 4 is 13.7 Å². The molecule has 0 rings (SSSR count). The van der Waals surface area contributed by atoms with E-state index in [0.29, 0.717) is 23.9 Å². The van der Waals surface area contributed by atoms with Crippen LogP contribution in [0.5, 0.6) is 0 Å². The number of carbonyl (C=O) groups is 1. The summed E-state index contributed by atoms with van der Waals surface area (Å²) in [5, 5.41) is 13.9. The number of hydrogen-bond donors (Lipinski definition) is 2. The van der Waals surface area contributed by atoms with Crippen molar-refractivity contribution in [2.24, 2.45) is 0 Å². The van der Waals surface area contributed by atoms with Gasteiger partial charge < -0.3 is 28.8 Å². The molecule has 0 aliphatic rings. The molecule has 0 aliphatic carbocycles. The smallest absolute Gasteiger partial charge is 0.268 e. The first-order valence-corrected chi connectivity index (χ1v) is 24.1. The number of rotatable bonds is 41. The highest BCUT2D eigenvalue weighted by atomic mass is 31.2. The molecular formula is C45H89N2O6P. The second-order valence-electron chi connectivity index (χ2n) is 16.8. The Balaban J connectivity index is 4.27. The largest absolute Gasteiger partial charge is 0.756 e.